The van der Waals surface area contributed by atoms with Crippen LogP contribution in [0.5, 0.6) is 0 Å². The number of urea groups is 1. The summed E-state index contributed by atoms with van der Waals surface area (Å²) in [7, 11) is 4.04. The van der Waals surface area contributed by atoms with Crippen molar-refractivity contribution in [3.63, 3.8) is 0 Å². The molecule has 1 aromatic heterocycles. The number of aryl methyl sites for hydroxylation is 1. The monoisotopic (exact) mass is 499 g/mol. The summed E-state index contributed by atoms with van der Waals surface area (Å²) in [5.41, 5.74) is 4.33. The number of carbonyl (C=O) groups is 2. The van der Waals surface area contributed by atoms with Gasteiger partial charge in [-0.15, -0.1) is 0 Å². The number of nitrogens with one attached hydrogen (secondary N) is 1. The summed E-state index contributed by atoms with van der Waals surface area (Å²) in [4.78, 5) is 37.4. The maximum absolute atomic E-state index is 13.9. The summed E-state index contributed by atoms with van der Waals surface area (Å²) in [5.74, 6) is 0.143. The number of hydrogen-bond donors (Lipinski definition) is 1. The quantitative estimate of drug-likeness (QED) is 0.473. The lowest BCUT2D eigenvalue weighted by Gasteiger charge is -2.33. The number of carbonyl (C=O) groups excluding carboxylic acids is 2. The van der Waals surface area contributed by atoms with Gasteiger partial charge >= 0.3 is 6.03 Å². The zero-order valence-corrected chi connectivity index (χ0v) is 22.1. The predicted octanol–water partition coefficient (Wildman–Crippen LogP) is 5.01. The van der Waals surface area contributed by atoms with Gasteiger partial charge in [0.25, 0.3) is 5.91 Å². The number of para-hydroxylation sites is 1. The van der Waals surface area contributed by atoms with Gasteiger partial charge in [-0.05, 0) is 63.7 Å². The van der Waals surface area contributed by atoms with Crippen LogP contribution in [0.15, 0.2) is 72.8 Å². The molecule has 0 bridgehead atoms. The third-order valence-corrected chi connectivity index (χ3v) is 6.81. The highest BCUT2D eigenvalue weighted by atomic mass is 16.2. The lowest BCUT2D eigenvalue weighted by molar-refractivity contribution is 0.0728. The molecule has 0 unspecified atom stereocenters. The van der Waals surface area contributed by atoms with Crippen molar-refractivity contribution in [2.75, 3.05) is 45.6 Å². The second-order valence-electron chi connectivity index (χ2n) is 9.96. The van der Waals surface area contributed by atoms with Crippen molar-refractivity contribution in [1.82, 2.24) is 19.7 Å². The van der Waals surface area contributed by atoms with Crippen molar-refractivity contribution < 1.29 is 9.59 Å². The van der Waals surface area contributed by atoms with E-state index in [2.05, 4.69) is 22.3 Å². The van der Waals surface area contributed by atoms with Gasteiger partial charge in [-0.3, -0.25) is 9.78 Å². The second kappa shape index (κ2) is 12.5. The predicted molar refractivity (Wildman–Crippen MR) is 148 cm³/mol. The highest BCUT2D eigenvalue weighted by Gasteiger charge is 2.29. The lowest BCUT2D eigenvalue weighted by atomic mass is 9.89. The van der Waals surface area contributed by atoms with Gasteiger partial charge in [-0.2, -0.15) is 0 Å². The highest BCUT2D eigenvalue weighted by Crippen LogP contribution is 2.30. The number of hydrogen-bond acceptors (Lipinski definition) is 4. The molecule has 1 fully saturated rings. The van der Waals surface area contributed by atoms with Crippen LogP contribution in [-0.4, -0.2) is 71.9 Å². The number of nitrogens with zero attached hydrogens (tertiary/aromatic N) is 4. The highest BCUT2D eigenvalue weighted by molar-refractivity contribution is 5.95. The van der Waals surface area contributed by atoms with Crippen LogP contribution >= 0.6 is 0 Å². The first kappa shape index (κ1) is 26.4. The Balaban J connectivity index is 1.49. The van der Waals surface area contributed by atoms with Crippen LogP contribution in [0.4, 0.5) is 10.5 Å². The van der Waals surface area contributed by atoms with Crippen molar-refractivity contribution in [1.29, 1.82) is 0 Å². The summed E-state index contributed by atoms with van der Waals surface area (Å²) < 4.78 is 0. The largest absolute Gasteiger partial charge is 0.333 e. The van der Waals surface area contributed by atoms with Gasteiger partial charge in [0.2, 0.25) is 0 Å². The molecule has 7 heteroatoms. The first-order chi connectivity index (χ1) is 17.9. The molecule has 0 aliphatic carbocycles. The van der Waals surface area contributed by atoms with E-state index in [1.54, 1.807) is 0 Å². The normalized spacial score (nSPS) is 14.0. The minimum Gasteiger partial charge on any atom is -0.333 e. The molecule has 3 aromatic rings. The maximum Gasteiger partial charge on any atom is 0.321 e. The fourth-order valence-corrected chi connectivity index (χ4v) is 4.70. The van der Waals surface area contributed by atoms with E-state index in [4.69, 9.17) is 4.98 Å². The van der Waals surface area contributed by atoms with E-state index in [0.717, 1.165) is 42.0 Å². The Labute approximate surface area is 220 Å². The van der Waals surface area contributed by atoms with Crippen molar-refractivity contribution in [3.8, 4) is 0 Å². The Bertz CT molecular complexity index is 1180. The van der Waals surface area contributed by atoms with Crippen LogP contribution in [-0.2, 0) is 6.54 Å². The molecule has 0 spiro atoms. The average molecular weight is 500 g/mol. The lowest BCUT2D eigenvalue weighted by Crippen LogP contribution is -2.41. The molecule has 0 radical (unpaired) electrons. The van der Waals surface area contributed by atoms with Gasteiger partial charge in [0.15, 0.2) is 0 Å². The van der Waals surface area contributed by atoms with E-state index in [0.29, 0.717) is 31.7 Å². The van der Waals surface area contributed by atoms with E-state index >= 15 is 0 Å². The first-order valence-corrected chi connectivity index (χ1v) is 13.0. The molecule has 37 heavy (non-hydrogen) atoms. The summed E-state index contributed by atoms with van der Waals surface area (Å²) in [6, 6.07) is 23.4. The number of likely N-dealkylation sites (tertiary alicyclic amines) is 1. The Kier molecular flexibility index (Phi) is 8.90. The Morgan fingerprint density at radius 3 is 2.22 bits per heavy atom. The SMILES string of the molecule is Cc1ccc(C(=O)N(CCN(C)C)Cc2ccccc2)c(C2CCN(C(=O)Nc3ccccc3)CC2)n1. The Hall–Kier alpha value is -3.71. The molecule has 1 aliphatic rings. The smallest absolute Gasteiger partial charge is 0.321 e. The number of pyridine rings is 1. The van der Waals surface area contributed by atoms with Crippen LogP contribution in [0.2, 0.25) is 0 Å². The molecule has 7 nitrogen and oxygen atoms in total. The number of rotatable bonds is 8. The molecule has 2 aromatic carbocycles. The van der Waals surface area contributed by atoms with E-state index in [1.165, 1.54) is 0 Å². The molecule has 3 amide bonds. The number of amides is 3. The maximum atomic E-state index is 13.9. The van der Waals surface area contributed by atoms with Gasteiger partial charge in [0, 0.05) is 50.0 Å². The molecule has 0 atom stereocenters. The van der Waals surface area contributed by atoms with Crippen molar-refractivity contribution in [2.24, 2.45) is 0 Å². The Morgan fingerprint density at radius 1 is 0.919 bits per heavy atom. The number of benzene rings is 2. The topological polar surface area (TPSA) is 68.8 Å². The third-order valence-electron chi connectivity index (χ3n) is 6.81. The third kappa shape index (κ3) is 7.17. The summed E-state index contributed by atoms with van der Waals surface area (Å²) in [6.07, 6.45) is 1.55. The van der Waals surface area contributed by atoms with E-state index in [-0.39, 0.29) is 17.9 Å². The fourth-order valence-electron chi connectivity index (χ4n) is 4.70. The van der Waals surface area contributed by atoms with Crippen LogP contribution < -0.4 is 5.32 Å². The molecule has 194 valence electrons. The molecule has 1 N–H and O–H groups in total. The number of aromatic nitrogens is 1. The number of likely N-dealkylation sites (N-methyl/N-ethyl adjacent to an activating group) is 1. The molecule has 1 saturated heterocycles. The van der Waals surface area contributed by atoms with Gasteiger partial charge in [-0.25, -0.2) is 4.79 Å². The van der Waals surface area contributed by atoms with Crippen LogP contribution in [0.3, 0.4) is 0 Å². The van der Waals surface area contributed by atoms with E-state index in [9.17, 15) is 9.59 Å². The standard InChI is InChI=1S/C30H37N5O2/c1-23-14-15-27(29(36)35(21-20-33(2)3)22-24-10-6-4-7-11-24)28(31-23)25-16-18-34(19-17-25)30(37)32-26-12-8-5-9-13-26/h4-15,25H,16-22H2,1-3H3,(H,32,37). The van der Waals surface area contributed by atoms with Gasteiger partial charge < -0.3 is 20.0 Å². The number of anilines is 1. The molecular formula is C30H37N5O2. The van der Waals surface area contributed by atoms with Crippen LogP contribution in [0, 0.1) is 6.92 Å². The molecular weight excluding hydrogens is 462 g/mol. The molecule has 1 aliphatic heterocycles. The van der Waals surface area contributed by atoms with Gasteiger partial charge in [-0.1, -0.05) is 48.5 Å². The zero-order chi connectivity index (χ0) is 26.2. The fraction of sp³-hybridized carbons (Fsp3) is 0.367. The summed E-state index contributed by atoms with van der Waals surface area (Å²) in [6.45, 7) is 5.18. The minimum absolute atomic E-state index is 0.0115. The average Bonchev–Trinajstić information content (AvgIpc) is 2.91. The van der Waals surface area contributed by atoms with Gasteiger partial charge in [0.1, 0.15) is 0 Å². The number of piperidine rings is 1. The zero-order valence-electron chi connectivity index (χ0n) is 22.1. The Morgan fingerprint density at radius 2 is 1.57 bits per heavy atom. The van der Waals surface area contributed by atoms with Crippen LogP contribution in [0.1, 0.15) is 46.1 Å². The van der Waals surface area contributed by atoms with Crippen molar-refractivity contribution in [2.45, 2.75) is 32.2 Å². The van der Waals surface area contributed by atoms with E-state index in [1.807, 2.05) is 91.5 Å². The van der Waals surface area contributed by atoms with E-state index < -0.39 is 0 Å². The molecule has 4 rings (SSSR count). The second-order valence-corrected chi connectivity index (χ2v) is 9.96. The van der Waals surface area contributed by atoms with Crippen molar-refractivity contribution >= 4 is 17.6 Å². The van der Waals surface area contributed by atoms with Crippen LogP contribution in [0.25, 0.3) is 0 Å². The molecule has 0 saturated carbocycles. The summed E-state index contributed by atoms with van der Waals surface area (Å²) >= 11 is 0. The first-order valence-electron chi connectivity index (χ1n) is 13.0. The minimum atomic E-state index is -0.0872. The summed E-state index contributed by atoms with van der Waals surface area (Å²) in [5, 5.41) is 2.97. The van der Waals surface area contributed by atoms with Gasteiger partial charge in [0.05, 0.1) is 11.3 Å². The molecule has 2 heterocycles. The van der Waals surface area contributed by atoms with Crippen molar-refractivity contribution in [3.05, 3.63) is 95.3 Å².